The monoisotopic (exact) mass is 461 g/mol. The maximum Gasteiger partial charge on any atom is 0.298 e. The van der Waals surface area contributed by atoms with Gasteiger partial charge in [-0.3, -0.25) is 9.59 Å². The smallest absolute Gasteiger partial charge is 0.298 e. The molecule has 1 aliphatic heterocycles. The van der Waals surface area contributed by atoms with E-state index in [0.717, 1.165) is 21.8 Å². The number of nitrogens with zero attached hydrogens (tertiary/aromatic N) is 1. The highest BCUT2D eigenvalue weighted by atomic mass is 79.9. The molecule has 1 heterocycles. The van der Waals surface area contributed by atoms with Gasteiger partial charge in [-0.15, -0.1) is 0 Å². The van der Waals surface area contributed by atoms with E-state index in [-0.39, 0.29) is 17.3 Å². The van der Waals surface area contributed by atoms with Crippen LogP contribution in [-0.2, 0) is 4.79 Å². The van der Waals surface area contributed by atoms with Gasteiger partial charge in [-0.2, -0.15) is 0 Å². The Kier molecular flexibility index (Phi) is 6.46. The molecule has 3 rings (SSSR count). The van der Waals surface area contributed by atoms with E-state index in [4.69, 9.17) is 9.47 Å². The van der Waals surface area contributed by atoms with Crippen molar-refractivity contribution in [2.45, 2.75) is 26.9 Å². The summed E-state index contributed by atoms with van der Waals surface area (Å²) in [6, 6.07) is 12.6. The molecule has 2 aromatic rings. The number of hydrogen-bond acceptors (Lipinski definition) is 5. The Labute approximate surface area is 176 Å². The molecule has 0 N–H and O–H groups in total. The summed E-state index contributed by atoms with van der Waals surface area (Å²) in [7, 11) is 0. The molecule has 0 bridgehead atoms. The van der Waals surface area contributed by atoms with E-state index in [1.165, 1.54) is 4.90 Å². The highest BCUT2D eigenvalue weighted by molar-refractivity contribution is 9.10. The van der Waals surface area contributed by atoms with Crippen LogP contribution in [0.4, 0.5) is 10.5 Å². The fourth-order valence-corrected chi connectivity index (χ4v) is 4.10. The molecule has 0 spiro atoms. The van der Waals surface area contributed by atoms with E-state index < -0.39 is 0 Å². The van der Waals surface area contributed by atoms with Crippen LogP contribution in [0.15, 0.2) is 51.8 Å². The van der Waals surface area contributed by atoms with Crippen LogP contribution >= 0.6 is 27.7 Å². The van der Waals surface area contributed by atoms with Gasteiger partial charge in [-0.05, 0) is 84.4 Å². The van der Waals surface area contributed by atoms with Gasteiger partial charge in [0.1, 0.15) is 0 Å². The van der Waals surface area contributed by atoms with Crippen LogP contribution in [-0.4, -0.2) is 23.9 Å². The molecule has 0 saturated carbocycles. The van der Waals surface area contributed by atoms with Crippen LogP contribution in [0, 0.1) is 0 Å². The molecule has 0 radical (unpaired) electrons. The van der Waals surface area contributed by atoms with Gasteiger partial charge in [-0.25, -0.2) is 4.90 Å². The normalized spacial score (nSPS) is 15.6. The molecular weight excluding hydrogens is 442 g/mol. The number of thioether (sulfide) groups is 1. The summed E-state index contributed by atoms with van der Waals surface area (Å²) < 4.78 is 12.3. The van der Waals surface area contributed by atoms with Crippen molar-refractivity contribution in [1.29, 1.82) is 0 Å². The lowest BCUT2D eigenvalue weighted by Gasteiger charge is -2.17. The molecule has 0 atom stereocenters. The highest BCUT2D eigenvalue weighted by Crippen LogP contribution is 2.40. The average molecular weight is 462 g/mol. The molecule has 2 amide bonds. The Morgan fingerprint density at radius 2 is 1.89 bits per heavy atom. The number of para-hydroxylation sites is 1. The molecule has 0 aromatic heterocycles. The summed E-state index contributed by atoms with van der Waals surface area (Å²) in [4.78, 5) is 26.7. The first-order chi connectivity index (χ1) is 13.4. The second-order valence-corrected chi connectivity index (χ2v) is 8.13. The third-order valence-corrected chi connectivity index (χ3v) is 5.25. The Bertz CT molecular complexity index is 928. The summed E-state index contributed by atoms with van der Waals surface area (Å²) in [6.07, 6.45) is 1.68. The van der Waals surface area contributed by atoms with Crippen LogP contribution in [0.3, 0.4) is 0 Å². The van der Waals surface area contributed by atoms with Crippen molar-refractivity contribution in [1.82, 2.24) is 0 Å². The van der Waals surface area contributed by atoms with E-state index in [0.29, 0.717) is 28.7 Å². The molecule has 28 heavy (non-hydrogen) atoms. The molecule has 146 valence electrons. The summed E-state index contributed by atoms with van der Waals surface area (Å²) in [5.74, 6) is 0.864. The number of hydrogen-bond donors (Lipinski definition) is 0. The quantitative estimate of drug-likeness (QED) is 0.502. The number of ether oxygens (including phenoxy) is 2. The summed E-state index contributed by atoms with van der Waals surface area (Å²) in [5, 5.41) is -0.314. The van der Waals surface area contributed by atoms with Crippen molar-refractivity contribution in [2.24, 2.45) is 0 Å². The average Bonchev–Trinajstić information content (AvgIpc) is 2.92. The van der Waals surface area contributed by atoms with Gasteiger partial charge >= 0.3 is 0 Å². The molecular formula is C21H20BrNO4S. The lowest BCUT2D eigenvalue weighted by Crippen LogP contribution is -2.27. The summed E-state index contributed by atoms with van der Waals surface area (Å²) in [6.45, 7) is 6.26. The van der Waals surface area contributed by atoms with E-state index in [2.05, 4.69) is 15.9 Å². The molecule has 0 aliphatic carbocycles. The standard InChI is InChI=1S/C21H20BrNO4S/c1-4-26-17-11-14(10-16(22)19(17)27-13(2)3)12-18-20(24)23(21(25)28-18)15-8-6-5-7-9-15/h5-13H,4H2,1-3H3/b18-12+. The number of carbonyl (C=O) groups is 2. The molecule has 5 nitrogen and oxygen atoms in total. The lowest BCUT2D eigenvalue weighted by molar-refractivity contribution is -0.113. The van der Waals surface area contributed by atoms with Crippen molar-refractivity contribution in [2.75, 3.05) is 11.5 Å². The zero-order valence-corrected chi connectivity index (χ0v) is 18.2. The molecule has 7 heteroatoms. The second-order valence-electron chi connectivity index (χ2n) is 6.28. The number of benzene rings is 2. The van der Waals surface area contributed by atoms with Crippen molar-refractivity contribution in [3.63, 3.8) is 0 Å². The second kappa shape index (κ2) is 8.84. The van der Waals surface area contributed by atoms with Gasteiger partial charge < -0.3 is 9.47 Å². The first kappa shape index (κ1) is 20.5. The summed E-state index contributed by atoms with van der Waals surface area (Å²) in [5.41, 5.74) is 1.30. The van der Waals surface area contributed by atoms with E-state index in [9.17, 15) is 9.59 Å². The molecule has 0 unspecified atom stereocenters. The minimum absolute atomic E-state index is 0.0104. The fourth-order valence-electron chi connectivity index (χ4n) is 2.70. The zero-order valence-electron chi connectivity index (χ0n) is 15.8. The highest BCUT2D eigenvalue weighted by Gasteiger charge is 2.36. The zero-order chi connectivity index (χ0) is 20.3. The van der Waals surface area contributed by atoms with Crippen LogP contribution in [0.2, 0.25) is 0 Å². The Morgan fingerprint density at radius 1 is 1.18 bits per heavy atom. The van der Waals surface area contributed by atoms with Crippen molar-refractivity contribution < 1.29 is 19.1 Å². The van der Waals surface area contributed by atoms with E-state index in [1.807, 2.05) is 39.0 Å². The molecule has 2 aromatic carbocycles. The van der Waals surface area contributed by atoms with Gasteiger partial charge in [0.15, 0.2) is 11.5 Å². The first-order valence-electron chi connectivity index (χ1n) is 8.86. The predicted octanol–water partition coefficient (Wildman–Crippen LogP) is 5.88. The van der Waals surface area contributed by atoms with Crippen molar-refractivity contribution in [3.8, 4) is 11.5 Å². The van der Waals surface area contributed by atoms with Crippen LogP contribution in [0.1, 0.15) is 26.3 Å². The van der Waals surface area contributed by atoms with Gasteiger partial charge in [0.2, 0.25) is 0 Å². The Hall–Kier alpha value is -2.25. The Morgan fingerprint density at radius 3 is 2.54 bits per heavy atom. The van der Waals surface area contributed by atoms with Crippen molar-refractivity contribution in [3.05, 3.63) is 57.4 Å². The molecule has 1 aliphatic rings. The number of amides is 2. The lowest BCUT2D eigenvalue weighted by atomic mass is 10.1. The van der Waals surface area contributed by atoms with Gasteiger partial charge in [0, 0.05) is 0 Å². The fraction of sp³-hybridized carbons (Fsp3) is 0.238. The maximum absolute atomic E-state index is 12.8. The largest absolute Gasteiger partial charge is 0.490 e. The van der Waals surface area contributed by atoms with Crippen molar-refractivity contribution >= 4 is 50.6 Å². The van der Waals surface area contributed by atoms with E-state index >= 15 is 0 Å². The minimum atomic E-state index is -0.335. The maximum atomic E-state index is 12.8. The van der Waals surface area contributed by atoms with Gasteiger partial charge in [0.05, 0.1) is 27.8 Å². The topological polar surface area (TPSA) is 55.8 Å². The van der Waals surface area contributed by atoms with Gasteiger partial charge in [-0.1, -0.05) is 18.2 Å². The minimum Gasteiger partial charge on any atom is -0.490 e. The molecule has 1 fully saturated rings. The Balaban J connectivity index is 1.95. The molecule has 1 saturated heterocycles. The first-order valence-corrected chi connectivity index (χ1v) is 10.5. The number of carbonyl (C=O) groups excluding carboxylic acids is 2. The third-order valence-electron chi connectivity index (χ3n) is 3.79. The van der Waals surface area contributed by atoms with Gasteiger partial charge in [0.25, 0.3) is 11.1 Å². The van der Waals surface area contributed by atoms with Crippen LogP contribution < -0.4 is 14.4 Å². The van der Waals surface area contributed by atoms with Crippen LogP contribution in [0.5, 0.6) is 11.5 Å². The third kappa shape index (κ3) is 4.42. The number of rotatable bonds is 6. The number of anilines is 1. The number of imide groups is 1. The SMILES string of the molecule is CCOc1cc(/C=C2/SC(=O)N(c3ccccc3)C2=O)cc(Br)c1OC(C)C. The predicted molar refractivity (Wildman–Crippen MR) is 116 cm³/mol. The van der Waals surface area contributed by atoms with Crippen LogP contribution in [0.25, 0.3) is 6.08 Å². The summed E-state index contributed by atoms with van der Waals surface area (Å²) >= 11 is 4.44. The number of halogens is 1. The van der Waals surface area contributed by atoms with E-state index in [1.54, 1.807) is 30.3 Å².